The summed E-state index contributed by atoms with van der Waals surface area (Å²) in [5.41, 5.74) is 3.42. The summed E-state index contributed by atoms with van der Waals surface area (Å²) in [7, 11) is 1.98. The lowest BCUT2D eigenvalue weighted by atomic mass is 9.96. The number of amides is 1. The van der Waals surface area contributed by atoms with E-state index in [2.05, 4.69) is 5.10 Å². The van der Waals surface area contributed by atoms with Gasteiger partial charge in [-0.25, -0.2) is 0 Å². The Hall–Kier alpha value is -1.66. The second-order valence-electron chi connectivity index (χ2n) is 6.97. The molecular formula is C18H23N3O2S. The maximum Gasteiger partial charge on any atom is 0.264 e. The molecule has 1 saturated carbocycles. The molecular weight excluding hydrogens is 322 g/mol. The van der Waals surface area contributed by atoms with Crippen molar-refractivity contribution >= 4 is 17.2 Å². The number of aromatic nitrogens is 2. The van der Waals surface area contributed by atoms with E-state index < -0.39 is 0 Å². The molecule has 2 aliphatic rings. The van der Waals surface area contributed by atoms with E-state index in [9.17, 15) is 4.79 Å². The summed E-state index contributed by atoms with van der Waals surface area (Å²) in [6.45, 7) is 4.85. The quantitative estimate of drug-likeness (QED) is 0.837. The molecule has 1 unspecified atom stereocenters. The summed E-state index contributed by atoms with van der Waals surface area (Å²) in [4.78, 5) is 15.7. The Morgan fingerprint density at radius 2 is 2.25 bits per heavy atom. The highest BCUT2D eigenvalue weighted by atomic mass is 32.1. The van der Waals surface area contributed by atoms with Gasteiger partial charge in [-0.2, -0.15) is 5.10 Å². The van der Waals surface area contributed by atoms with Gasteiger partial charge in [0.2, 0.25) is 0 Å². The molecule has 1 atom stereocenters. The largest absolute Gasteiger partial charge is 0.380 e. The van der Waals surface area contributed by atoms with Gasteiger partial charge in [-0.3, -0.25) is 9.48 Å². The molecule has 0 spiro atoms. The van der Waals surface area contributed by atoms with E-state index in [0.29, 0.717) is 19.7 Å². The van der Waals surface area contributed by atoms with Gasteiger partial charge in [0.25, 0.3) is 5.91 Å². The number of rotatable bonds is 5. The second-order valence-corrected chi connectivity index (χ2v) is 7.89. The molecule has 0 radical (unpaired) electrons. The van der Waals surface area contributed by atoms with Gasteiger partial charge in [-0.1, -0.05) is 0 Å². The number of ether oxygens (including phenoxy) is 1. The normalized spacial score (nSPS) is 20.2. The minimum absolute atomic E-state index is 0.129. The number of thiophene rings is 1. The predicted octanol–water partition coefficient (Wildman–Crippen LogP) is 2.96. The molecule has 1 amide bonds. The van der Waals surface area contributed by atoms with Crippen molar-refractivity contribution in [3.05, 3.63) is 39.3 Å². The van der Waals surface area contributed by atoms with Crippen LogP contribution in [-0.4, -0.2) is 40.3 Å². The molecule has 0 N–H and O–H groups in total. The number of carbonyl (C=O) groups excluding carboxylic acids is 1. The first-order valence-corrected chi connectivity index (χ1v) is 9.43. The Morgan fingerprint density at radius 1 is 1.42 bits per heavy atom. The first-order chi connectivity index (χ1) is 11.6. The Labute approximate surface area is 146 Å². The Kier molecular flexibility index (Phi) is 4.18. The van der Waals surface area contributed by atoms with Crippen LogP contribution in [0.1, 0.15) is 45.3 Å². The number of carbonyl (C=O) groups is 1. The van der Waals surface area contributed by atoms with Crippen molar-refractivity contribution in [1.82, 2.24) is 14.7 Å². The molecule has 1 fully saturated rings. The lowest BCUT2D eigenvalue weighted by molar-refractivity contribution is 0.0624. The summed E-state index contributed by atoms with van der Waals surface area (Å²) < 4.78 is 7.89. The van der Waals surface area contributed by atoms with Crippen LogP contribution in [0, 0.1) is 12.8 Å². The molecule has 24 heavy (non-hydrogen) atoms. The molecule has 0 bridgehead atoms. The van der Waals surface area contributed by atoms with Crippen LogP contribution < -0.4 is 0 Å². The fourth-order valence-corrected chi connectivity index (χ4v) is 4.34. The summed E-state index contributed by atoms with van der Waals surface area (Å²) in [6.07, 6.45) is 4.48. The summed E-state index contributed by atoms with van der Waals surface area (Å²) >= 11 is 1.53. The zero-order valence-electron chi connectivity index (χ0n) is 14.2. The van der Waals surface area contributed by atoms with Gasteiger partial charge in [-0.15, -0.1) is 11.3 Å². The van der Waals surface area contributed by atoms with Gasteiger partial charge in [0.1, 0.15) is 0 Å². The van der Waals surface area contributed by atoms with Crippen LogP contribution in [0.4, 0.5) is 0 Å². The number of hydrogen-bond acceptors (Lipinski definition) is 4. The van der Waals surface area contributed by atoms with E-state index in [4.69, 9.17) is 4.74 Å². The Morgan fingerprint density at radius 3 is 2.96 bits per heavy atom. The van der Waals surface area contributed by atoms with Crippen LogP contribution in [-0.2, 0) is 18.3 Å². The fraction of sp³-hybridized carbons (Fsp3) is 0.556. The number of aryl methyl sites for hydroxylation is 2. The average Bonchev–Trinajstić information content (AvgIpc) is 3.18. The van der Waals surface area contributed by atoms with Gasteiger partial charge in [-0.05, 0) is 42.7 Å². The molecule has 128 valence electrons. The van der Waals surface area contributed by atoms with E-state index in [1.54, 1.807) is 0 Å². The molecule has 1 aliphatic carbocycles. The van der Waals surface area contributed by atoms with Crippen molar-refractivity contribution in [2.24, 2.45) is 13.0 Å². The smallest absolute Gasteiger partial charge is 0.264 e. The van der Waals surface area contributed by atoms with Crippen molar-refractivity contribution in [2.75, 3.05) is 19.8 Å². The topological polar surface area (TPSA) is 47.4 Å². The molecule has 1 aliphatic heterocycles. The highest BCUT2D eigenvalue weighted by molar-refractivity contribution is 7.12. The van der Waals surface area contributed by atoms with Gasteiger partial charge >= 0.3 is 0 Å². The molecule has 4 rings (SSSR count). The van der Waals surface area contributed by atoms with Crippen LogP contribution in [0.5, 0.6) is 0 Å². The van der Waals surface area contributed by atoms with Crippen molar-refractivity contribution < 1.29 is 9.53 Å². The van der Waals surface area contributed by atoms with E-state index >= 15 is 0 Å². The molecule has 3 heterocycles. The first-order valence-electron chi connectivity index (χ1n) is 8.55. The Bertz CT molecular complexity index is 747. The standard InChI is InChI=1S/C18H23N3O2S/c1-12-5-6-24-17(12)18(22)21-8-14-7-19-20(2)16(14)15(9-21)11-23-10-13-3-4-13/h5-7,13,15H,3-4,8-11H2,1-2H3. The van der Waals surface area contributed by atoms with Gasteiger partial charge in [0.05, 0.1) is 23.4 Å². The minimum Gasteiger partial charge on any atom is -0.380 e. The molecule has 5 nitrogen and oxygen atoms in total. The van der Waals surface area contributed by atoms with E-state index in [1.807, 2.05) is 41.2 Å². The van der Waals surface area contributed by atoms with Crippen molar-refractivity contribution in [2.45, 2.75) is 32.2 Å². The maximum atomic E-state index is 12.9. The van der Waals surface area contributed by atoms with E-state index in [0.717, 1.165) is 28.5 Å². The number of nitrogens with zero attached hydrogens (tertiary/aromatic N) is 3. The first kappa shape index (κ1) is 15.8. The average molecular weight is 345 g/mol. The minimum atomic E-state index is 0.129. The molecule has 2 aromatic rings. The van der Waals surface area contributed by atoms with Gasteiger partial charge < -0.3 is 9.64 Å². The third kappa shape index (κ3) is 3.00. The molecule has 6 heteroatoms. The lowest BCUT2D eigenvalue weighted by Gasteiger charge is -2.33. The van der Waals surface area contributed by atoms with E-state index in [-0.39, 0.29) is 11.8 Å². The Balaban J connectivity index is 1.53. The number of hydrogen-bond donors (Lipinski definition) is 0. The second kappa shape index (κ2) is 6.33. The number of fused-ring (bicyclic) bond motifs is 1. The molecule has 0 saturated heterocycles. The molecule has 0 aromatic carbocycles. The highest BCUT2D eigenvalue weighted by Crippen LogP contribution is 2.32. The third-order valence-electron chi connectivity index (χ3n) is 4.97. The van der Waals surface area contributed by atoms with Crippen LogP contribution in [0.15, 0.2) is 17.6 Å². The zero-order chi connectivity index (χ0) is 16.7. The third-order valence-corrected chi connectivity index (χ3v) is 5.97. The van der Waals surface area contributed by atoms with Crippen molar-refractivity contribution in [1.29, 1.82) is 0 Å². The maximum absolute atomic E-state index is 12.9. The highest BCUT2D eigenvalue weighted by Gasteiger charge is 2.33. The molecule has 2 aromatic heterocycles. The monoisotopic (exact) mass is 345 g/mol. The van der Waals surface area contributed by atoms with Crippen molar-refractivity contribution in [3.63, 3.8) is 0 Å². The fourth-order valence-electron chi connectivity index (χ4n) is 3.45. The van der Waals surface area contributed by atoms with Crippen molar-refractivity contribution in [3.8, 4) is 0 Å². The lowest BCUT2D eigenvalue weighted by Crippen LogP contribution is -2.40. The van der Waals surface area contributed by atoms with Crippen LogP contribution in [0.3, 0.4) is 0 Å². The van der Waals surface area contributed by atoms with Gasteiger partial charge in [0.15, 0.2) is 0 Å². The summed E-state index contributed by atoms with van der Waals surface area (Å²) in [5, 5.41) is 6.39. The van der Waals surface area contributed by atoms with Gasteiger partial charge in [0, 0.05) is 38.2 Å². The SMILES string of the molecule is Cc1ccsc1C(=O)N1Cc2cnn(C)c2C(COCC2CC2)C1. The van der Waals surface area contributed by atoms with E-state index in [1.165, 1.54) is 29.9 Å². The summed E-state index contributed by atoms with van der Waals surface area (Å²) in [5.74, 6) is 1.08. The summed E-state index contributed by atoms with van der Waals surface area (Å²) in [6, 6.07) is 2.01. The zero-order valence-corrected chi connectivity index (χ0v) is 15.0. The predicted molar refractivity (Wildman–Crippen MR) is 93.3 cm³/mol. The van der Waals surface area contributed by atoms with Crippen LogP contribution in [0.25, 0.3) is 0 Å². The van der Waals surface area contributed by atoms with Crippen LogP contribution >= 0.6 is 11.3 Å². The van der Waals surface area contributed by atoms with Crippen LogP contribution in [0.2, 0.25) is 0 Å².